The Morgan fingerprint density at radius 3 is 2.50 bits per heavy atom. The molecule has 2 rings (SSSR count). The molecule has 0 atom stereocenters. The van der Waals surface area contributed by atoms with Crippen molar-refractivity contribution in [2.75, 3.05) is 19.0 Å². The minimum absolute atomic E-state index is 0.303. The highest BCUT2D eigenvalue weighted by Crippen LogP contribution is 2.30. The second-order valence-electron chi connectivity index (χ2n) is 5.75. The van der Waals surface area contributed by atoms with E-state index in [4.69, 9.17) is 16.3 Å². The molecule has 138 valence electrons. The van der Waals surface area contributed by atoms with Crippen molar-refractivity contribution in [1.82, 2.24) is 5.32 Å². The monoisotopic (exact) mass is 378 g/mol. The molecule has 2 aromatic carbocycles. The number of methoxy groups -OCH3 is 1. The molecule has 0 saturated carbocycles. The first-order chi connectivity index (χ1) is 12.4. The Labute approximate surface area is 156 Å². The van der Waals surface area contributed by atoms with Gasteiger partial charge in [-0.2, -0.15) is 0 Å². The van der Waals surface area contributed by atoms with E-state index >= 15 is 0 Å². The Balaban J connectivity index is 1.83. The fourth-order valence-electron chi connectivity index (χ4n) is 2.33. The van der Waals surface area contributed by atoms with Gasteiger partial charge in [0.2, 0.25) is 11.8 Å². The number of ether oxygens (including phenoxy) is 1. The lowest BCUT2D eigenvalue weighted by Gasteiger charge is -2.12. The average Bonchev–Trinajstić information content (AvgIpc) is 2.59. The first kappa shape index (κ1) is 19.7. The van der Waals surface area contributed by atoms with Crippen LogP contribution in [-0.2, 0) is 16.0 Å². The highest BCUT2D eigenvalue weighted by Gasteiger charge is 2.13. The summed E-state index contributed by atoms with van der Waals surface area (Å²) in [6.45, 7) is 2.17. The molecule has 0 aliphatic heterocycles. The molecule has 26 heavy (non-hydrogen) atoms. The molecule has 5 nitrogen and oxygen atoms in total. The minimum Gasteiger partial charge on any atom is -0.495 e. The van der Waals surface area contributed by atoms with Crippen LogP contribution in [0.15, 0.2) is 36.4 Å². The van der Waals surface area contributed by atoms with Gasteiger partial charge < -0.3 is 15.4 Å². The summed E-state index contributed by atoms with van der Waals surface area (Å²) in [5.41, 5.74) is 2.14. The standard InChI is InChI=1S/C19H20ClFN2O3/c1-12-9-16(17(26-2)10-15(12)20)23-19(25)11-18(24)22-8-7-13-3-5-14(21)6-4-13/h3-6,9-10H,7-8,11H2,1-2H3,(H,22,24)(H,23,25). The molecular weight excluding hydrogens is 359 g/mol. The molecule has 0 aliphatic rings. The van der Waals surface area contributed by atoms with Crippen molar-refractivity contribution in [3.63, 3.8) is 0 Å². The van der Waals surface area contributed by atoms with Crippen molar-refractivity contribution in [3.05, 3.63) is 58.4 Å². The SMILES string of the molecule is COc1cc(Cl)c(C)cc1NC(=O)CC(=O)NCCc1ccc(F)cc1. The van der Waals surface area contributed by atoms with Gasteiger partial charge in [0.15, 0.2) is 0 Å². The lowest BCUT2D eigenvalue weighted by Crippen LogP contribution is -2.29. The summed E-state index contributed by atoms with van der Waals surface area (Å²) in [5, 5.41) is 5.84. The Kier molecular flexibility index (Phi) is 6.97. The van der Waals surface area contributed by atoms with E-state index in [0.29, 0.717) is 29.4 Å². The van der Waals surface area contributed by atoms with Crippen LogP contribution in [0.4, 0.5) is 10.1 Å². The average molecular weight is 379 g/mol. The Bertz CT molecular complexity index is 794. The molecule has 0 aromatic heterocycles. The third-order valence-electron chi connectivity index (χ3n) is 3.73. The zero-order valence-electron chi connectivity index (χ0n) is 14.6. The molecular formula is C19H20ClFN2O3. The van der Waals surface area contributed by atoms with Crippen molar-refractivity contribution < 1.29 is 18.7 Å². The molecule has 0 aliphatic carbocycles. The van der Waals surface area contributed by atoms with Crippen molar-refractivity contribution in [1.29, 1.82) is 0 Å². The van der Waals surface area contributed by atoms with Crippen LogP contribution in [-0.4, -0.2) is 25.5 Å². The van der Waals surface area contributed by atoms with E-state index in [0.717, 1.165) is 11.1 Å². The quantitative estimate of drug-likeness (QED) is 0.725. The van der Waals surface area contributed by atoms with Gasteiger partial charge in [-0.1, -0.05) is 23.7 Å². The largest absolute Gasteiger partial charge is 0.495 e. The van der Waals surface area contributed by atoms with E-state index in [1.807, 2.05) is 0 Å². The van der Waals surface area contributed by atoms with Gasteiger partial charge in [0, 0.05) is 17.6 Å². The summed E-state index contributed by atoms with van der Waals surface area (Å²) < 4.78 is 18.0. The molecule has 0 unspecified atom stereocenters. The van der Waals surface area contributed by atoms with E-state index < -0.39 is 11.8 Å². The predicted molar refractivity (Wildman–Crippen MR) is 99.1 cm³/mol. The molecule has 2 N–H and O–H groups in total. The zero-order chi connectivity index (χ0) is 19.1. The number of benzene rings is 2. The van der Waals surface area contributed by atoms with E-state index in [-0.39, 0.29) is 12.2 Å². The summed E-state index contributed by atoms with van der Waals surface area (Å²) in [7, 11) is 1.47. The van der Waals surface area contributed by atoms with Crippen LogP contribution in [0.25, 0.3) is 0 Å². The number of hydrogen-bond donors (Lipinski definition) is 2. The van der Waals surface area contributed by atoms with Crippen LogP contribution >= 0.6 is 11.6 Å². The number of carbonyl (C=O) groups is 2. The smallest absolute Gasteiger partial charge is 0.233 e. The summed E-state index contributed by atoms with van der Waals surface area (Å²) in [4.78, 5) is 23.9. The maximum Gasteiger partial charge on any atom is 0.233 e. The number of anilines is 1. The molecule has 0 bridgehead atoms. The Hall–Kier alpha value is -2.60. The predicted octanol–water partition coefficient (Wildman–Crippen LogP) is 3.48. The first-order valence-electron chi connectivity index (χ1n) is 8.04. The lowest BCUT2D eigenvalue weighted by molar-refractivity contribution is -0.126. The van der Waals surface area contributed by atoms with E-state index in [2.05, 4.69) is 10.6 Å². The molecule has 0 saturated heterocycles. The fourth-order valence-corrected chi connectivity index (χ4v) is 2.48. The Morgan fingerprint density at radius 2 is 1.85 bits per heavy atom. The van der Waals surface area contributed by atoms with Crippen LogP contribution < -0.4 is 15.4 Å². The van der Waals surface area contributed by atoms with Crippen molar-refractivity contribution in [3.8, 4) is 5.75 Å². The molecule has 0 radical (unpaired) electrons. The zero-order valence-corrected chi connectivity index (χ0v) is 15.3. The molecule has 0 fully saturated rings. The van der Waals surface area contributed by atoms with E-state index in [1.165, 1.54) is 19.2 Å². The number of amides is 2. The second-order valence-corrected chi connectivity index (χ2v) is 6.16. The van der Waals surface area contributed by atoms with Crippen LogP contribution in [0.1, 0.15) is 17.5 Å². The highest BCUT2D eigenvalue weighted by atomic mass is 35.5. The van der Waals surface area contributed by atoms with Gasteiger partial charge in [-0.15, -0.1) is 0 Å². The van der Waals surface area contributed by atoms with Crippen LogP contribution in [0.3, 0.4) is 0 Å². The maximum absolute atomic E-state index is 12.8. The minimum atomic E-state index is -0.454. The third kappa shape index (κ3) is 5.74. The number of aryl methyl sites for hydroxylation is 1. The normalized spacial score (nSPS) is 10.3. The van der Waals surface area contributed by atoms with Gasteiger partial charge >= 0.3 is 0 Å². The topological polar surface area (TPSA) is 67.4 Å². The number of halogens is 2. The number of hydrogen-bond acceptors (Lipinski definition) is 3. The summed E-state index contributed by atoms with van der Waals surface area (Å²) in [5.74, 6) is -0.730. The molecule has 0 spiro atoms. The summed E-state index contributed by atoms with van der Waals surface area (Å²) in [6.07, 6.45) is 0.242. The lowest BCUT2D eigenvalue weighted by atomic mass is 10.1. The van der Waals surface area contributed by atoms with Crippen LogP contribution in [0, 0.1) is 12.7 Å². The molecule has 2 amide bonds. The second kappa shape index (κ2) is 9.20. The van der Waals surface area contributed by atoms with Gasteiger partial charge in [0.25, 0.3) is 0 Å². The maximum atomic E-state index is 12.8. The highest BCUT2D eigenvalue weighted by molar-refractivity contribution is 6.31. The van der Waals surface area contributed by atoms with Crippen LogP contribution in [0.2, 0.25) is 5.02 Å². The number of carbonyl (C=O) groups excluding carboxylic acids is 2. The van der Waals surface area contributed by atoms with E-state index in [9.17, 15) is 14.0 Å². The molecule has 0 heterocycles. The van der Waals surface area contributed by atoms with Gasteiger partial charge in [0.05, 0.1) is 12.8 Å². The van der Waals surface area contributed by atoms with Gasteiger partial charge in [-0.05, 0) is 42.7 Å². The van der Waals surface area contributed by atoms with Crippen LogP contribution in [0.5, 0.6) is 5.75 Å². The first-order valence-corrected chi connectivity index (χ1v) is 8.42. The Morgan fingerprint density at radius 1 is 1.15 bits per heavy atom. The molecule has 7 heteroatoms. The molecule has 2 aromatic rings. The number of nitrogens with one attached hydrogen (secondary N) is 2. The van der Waals surface area contributed by atoms with Gasteiger partial charge in [0.1, 0.15) is 18.0 Å². The summed E-state index contributed by atoms with van der Waals surface area (Å²) in [6, 6.07) is 9.34. The third-order valence-corrected chi connectivity index (χ3v) is 4.13. The number of rotatable bonds is 7. The fraction of sp³-hybridized carbons (Fsp3) is 0.263. The van der Waals surface area contributed by atoms with Gasteiger partial charge in [-0.3, -0.25) is 9.59 Å². The van der Waals surface area contributed by atoms with Gasteiger partial charge in [-0.25, -0.2) is 4.39 Å². The summed E-state index contributed by atoms with van der Waals surface area (Å²) >= 11 is 6.02. The van der Waals surface area contributed by atoms with Crippen molar-refractivity contribution in [2.24, 2.45) is 0 Å². The van der Waals surface area contributed by atoms with Crippen molar-refractivity contribution in [2.45, 2.75) is 19.8 Å². The van der Waals surface area contributed by atoms with Crippen molar-refractivity contribution >= 4 is 29.1 Å². The van der Waals surface area contributed by atoms with E-state index in [1.54, 1.807) is 31.2 Å².